The van der Waals surface area contributed by atoms with Crippen LogP contribution in [0.5, 0.6) is 0 Å². The highest BCUT2D eigenvalue weighted by molar-refractivity contribution is 7.92. The number of carbonyl (C=O) groups excluding carboxylic acids is 1. The van der Waals surface area contributed by atoms with E-state index in [1.54, 1.807) is 0 Å². The normalized spacial score (nSPS) is 12.8. The highest BCUT2D eigenvalue weighted by Gasteiger charge is 2.31. The fourth-order valence-corrected chi connectivity index (χ4v) is 2.27. The summed E-state index contributed by atoms with van der Waals surface area (Å²) in [5.74, 6) is -3.58. The number of benzene rings is 1. The van der Waals surface area contributed by atoms with Crippen LogP contribution in [0.4, 0.5) is 8.78 Å². The lowest BCUT2D eigenvalue weighted by Gasteiger charge is -2.11. The first-order chi connectivity index (χ1) is 7.71. The molecule has 1 aromatic carbocycles. The van der Waals surface area contributed by atoms with Crippen LogP contribution >= 0.6 is 0 Å². The topological polar surface area (TPSA) is 51.2 Å². The van der Waals surface area contributed by atoms with Gasteiger partial charge in [0.05, 0.1) is 10.1 Å². The van der Waals surface area contributed by atoms with E-state index in [1.165, 1.54) is 13.8 Å². The number of carbonyl (C=O) groups is 1. The fraction of sp³-hybridized carbons (Fsp3) is 0.364. The summed E-state index contributed by atoms with van der Waals surface area (Å²) in [6.45, 7) is 3.01. The zero-order chi connectivity index (χ0) is 13.3. The second-order valence-corrected chi connectivity index (χ2v) is 6.36. The molecule has 0 aliphatic rings. The molecule has 3 nitrogen and oxygen atoms in total. The van der Waals surface area contributed by atoms with Gasteiger partial charge in [0.25, 0.3) is 0 Å². The van der Waals surface area contributed by atoms with Gasteiger partial charge in [0.2, 0.25) is 0 Å². The van der Waals surface area contributed by atoms with Crippen molar-refractivity contribution >= 4 is 16.1 Å². The predicted molar refractivity (Wildman–Crippen MR) is 58.7 cm³/mol. The van der Waals surface area contributed by atoms with Crippen molar-refractivity contribution < 1.29 is 22.0 Å². The van der Waals surface area contributed by atoms with Crippen LogP contribution in [-0.2, 0) is 20.6 Å². The molecule has 0 aliphatic heterocycles. The van der Waals surface area contributed by atoms with E-state index >= 15 is 0 Å². The number of hydrogen-bond acceptors (Lipinski definition) is 3. The number of halogens is 2. The zero-order valence-corrected chi connectivity index (χ0v) is 10.2. The monoisotopic (exact) mass is 262 g/mol. The van der Waals surface area contributed by atoms with E-state index in [-0.39, 0.29) is 4.90 Å². The Morgan fingerprint density at radius 3 is 2.00 bits per heavy atom. The molecule has 0 heterocycles. The number of hydrogen-bond donors (Lipinski definition) is 0. The molecule has 0 N–H and O–H groups in total. The lowest BCUT2D eigenvalue weighted by Crippen LogP contribution is -2.16. The summed E-state index contributed by atoms with van der Waals surface area (Å²) >= 11 is 0. The molecule has 0 radical (unpaired) electrons. The molecule has 0 unspecified atom stereocenters. The molecular weight excluding hydrogens is 250 g/mol. The van der Waals surface area contributed by atoms with Gasteiger partial charge in [0, 0.05) is 5.56 Å². The van der Waals surface area contributed by atoms with Gasteiger partial charge in [0.15, 0.2) is 16.1 Å². The Hall–Kier alpha value is -1.30. The molecule has 0 saturated heterocycles. The van der Waals surface area contributed by atoms with Gasteiger partial charge < -0.3 is 0 Å². The first-order valence-corrected chi connectivity index (χ1v) is 6.45. The quantitative estimate of drug-likeness (QED) is 0.781. The lowest BCUT2D eigenvalue weighted by molar-refractivity contribution is -0.130. The Morgan fingerprint density at radius 2 is 1.65 bits per heavy atom. The first-order valence-electron chi connectivity index (χ1n) is 4.90. The van der Waals surface area contributed by atoms with Gasteiger partial charge in [0.1, 0.15) is 0 Å². The smallest absolute Gasteiger partial charge is 0.296 e. The predicted octanol–water partition coefficient (Wildman–Crippen LogP) is 2.16. The summed E-state index contributed by atoms with van der Waals surface area (Å²) in [5, 5.41) is -0.625. The average molecular weight is 262 g/mol. The van der Waals surface area contributed by atoms with Crippen molar-refractivity contribution in [2.45, 2.75) is 29.9 Å². The zero-order valence-electron chi connectivity index (χ0n) is 9.35. The lowest BCUT2D eigenvalue weighted by atomic mass is 10.1. The van der Waals surface area contributed by atoms with Crippen LogP contribution in [0, 0.1) is 0 Å². The standard InChI is InChI=1S/C11H12F2O3S/c1-8(2)17(15,16)10-5-3-9(4-6-10)11(12,13)7-14/h3-8H,1-2H3. The van der Waals surface area contributed by atoms with Crippen LogP contribution in [0.25, 0.3) is 0 Å². The Bertz CT molecular complexity index is 504. The Morgan fingerprint density at radius 1 is 1.18 bits per heavy atom. The van der Waals surface area contributed by atoms with E-state index in [9.17, 15) is 22.0 Å². The van der Waals surface area contributed by atoms with E-state index in [0.29, 0.717) is 0 Å². The van der Waals surface area contributed by atoms with Crippen molar-refractivity contribution in [1.82, 2.24) is 0 Å². The van der Waals surface area contributed by atoms with Crippen molar-refractivity contribution in [3.63, 3.8) is 0 Å². The van der Waals surface area contributed by atoms with Gasteiger partial charge in [-0.25, -0.2) is 8.42 Å². The van der Waals surface area contributed by atoms with Gasteiger partial charge in [-0.15, -0.1) is 0 Å². The molecule has 0 spiro atoms. The molecule has 0 amide bonds. The maximum Gasteiger partial charge on any atom is 0.327 e. The third-order valence-electron chi connectivity index (χ3n) is 2.34. The molecule has 0 bridgehead atoms. The van der Waals surface area contributed by atoms with Crippen LogP contribution in [0.1, 0.15) is 19.4 Å². The third-order valence-corrected chi connectivity index (χ3v) is 4.51. The van der Waals surface area contributed by atoms with Crippen LogP contribution in [0.3, 0.4) is 0 Å². The van der Waals surface area contributed by atoms with E-state index in [0.717, 1.165) is 24.3 Å². The SMILES string of the molecule is CC(C)S(=O)(=O)c1ccc(C(F)(F)C=O)cc1. The first kappa shape index (κ1) is 13.8. The third kappa shape index (κ3) is 2.69. The molecule has 6 heteroatoms. The molecule has 17 heavy (non-hydrogen) atoms. The van der Waals surface area contributed by atoms with E-state index < -0.39 is 32.9 Å². The minimum atomic E-state index is -3.58. The van der Waals surface area contributed by atoms with Crippen molar-refractivity contribution in [1.29, 1.82) is 0 Å². The van der Waals surface area contributed by atoms with Crippen molar-refractivity contribution in [3.8, 4) is 0 Å². The van der Waals surface area contributed by atoms with Crippen molar-refractivity contribution in [2.24, 2.45) is 0 Å². The van der Waals surface area contributed by atoms with E-state index in [4.69, 9.17) is 0 Å². The minimum absolute atomic E-state index is 0.0297. The Labute approximate surface area is 98.4 Å². The second kappa shape index (κ2) is 4.52. The Kier molecular flexibility index (Phi) is 3.66. The molecule has 1 aromatic rings. The van der Waals surface area contributed by atoms with Gasteiger partial charge in [-0.1, -0.05) is 12.1 Å². The van der Waals surface area contributed by atoms with E-state index in [2.05, 4.69) is 0 Å². The summed E-state index contributed by atoms with van der Waals surface area (Å²) in [6, 6.07) is 4.07. The van der Waals surface area contributed by atoms with Crippen LogP contribution in [0.15, 0.2) is 29.2 Å². The summed E-state index contributed by atoms with van der Waals surface area (Å²) in [5.41, 5.74) is -0.518. The van der Waals surface area contributed by atoms with E-state index in [1.807, 2.05) is 0 Å². The van der Waals surface area contributed by atoms with Gasteiger partial charge in [-0.05, 0) is 26.0 Å². The fourth-order valence-electron chi connectivity index (χ4n) is 1.21. The van der Waals surface area contributed by atoms with Gasteiger partial charge >= 0.3 is 5.92 Å². The second-order valence-electron chi connectivity index (χ2n) is 3.86. The minimum Gasteiger partial charge on any atom is -0.296 e. The largest absolute Gasteiger partial charge is 0.327 e. The maximum absolute atomic E-state index is 13.0. The van der Waals surface area contributed by atoms with Crippen LogP contribution in [-0.4, -0.2) is 20.0 Å². The molecule has 0 aromatic heterocycles. The molecule has 94 valence electrons. The number of alkyl halides is 2. The van der Waals surface area contributed by atoms with Crippen LogP contribution < -0.4 is 0 Å². The average Bonchev–Trinajstić information content (AvgIpc) is 2.29. The molecule has 0 saturated carbocycles. The van der Waals surface area contributed by atoms with Crippen molar-refractivity contribution in [2.75, 3.05) is 0 Å². The number of aldehydes is 1. The molecule has 0 atom stereocenters. The summed E-state index contributed by atoms with van der Waals surface area (Å²) in [4.78, 5) is 10.1. The van der Waals surface area contributed by atoms with Gasteiger partial charge in [-0.3, -0.25) is 4.79 Å². The molecule has 0 aliphatic carbocycles. The molecular formula is C11H12F2O3S. The highest BCUT2D eigenvalue weighted by atomic mass is 32.2. The van der Waals surface area contributed by atoms with Crippen molar-refractivity contribution in [3.05, 3.63) is 29.8 Å². The maximum atomic E-state index is 13.0. The number of rotatable bonds is 4. The van der Waals surface area contributed by atoms with Crippen LogP contribution in [0.2, 0.25) is 0 Å². The number of sulfone groups is 1. The highest BCUT2D eigenvalue weighted by Crippen LogP contribution is 2.27. The summed E-state index contributed by atoms with van der Waals surface area (Å²) < 4.78 is 49.3. The molecule has 0 fully saturated rings. The Balaban J connectivity index is 3.18. The molecule has 1 rings (SSSR count). The van der Waals surface area contributed by atoms with Gasteiger partial charge in [-0.2, -0.15) is 8.78 Å². The summed E-state index contributed by atoms with van der Waals surface area (Å²) in [6.07, 6.45) is -0.473. The summed E-state index contributed by atoms with van der Waals surface area (Å²) in [7, 11) is -3.48.